The molecular weight excluding hydrogens is 746 g/mol. The zero-order valence-electron chi connectivity index (χ0n) is 32.8. The lowest BCUT2D eigenvalue weighted by molar-refractivity contribution is -0.138. The van der Waals surface area contributed by atoms with E-state index in [1.54, 1.807) is 51.6 Å². The number of hydrogen-bond donors (Lipinski definition) is 5. The number of H-pyrrole nitrogens is 1. The van der Waals surface area contributed by atoms with Gasteiger partial charge in [0.25, 0.3) is 0 Å². The van der Waals surface area contributed by atoms with E-state index in [1.807, 2.05) is 0 Å². The molecule has 6 rings (SSSR count). The highest BCUT2D eigenvalue weighted by Crippen LogP contribution is 2.37. The van der Waals surface area contributed by atoms with Crippen LogP contribution in [0.4, 0.5) is 17.6 Å². The van der Waals surface area contributed by atoms with Crippen LogP contribution in [0, 0.1) is 17.6 Å². The smallest absolute Gasteiger partial charge is 0.245 e. The topological polar surface area (TPSA) is 156 Å². The number of aromatic nitrogens is 3. The third-order valence-corrected chi connectivity index (χ3v) is 10.9. The number of fused-ring (bicyclic) bond motifs is 2. The average molecular weight is 798 g/mol. The van der Waals surface area contributed by atoms with Crippen LogP contribution in [0.2, 0.25) is 0 Å². The van der Waals surface area contributed by atoms with Crippen LogP contribution >= 0.6 is 0 Å². The maximum Gasteiger partial charge on any atom is 0.245 e. The van der Waals surface area contributed by atoms with Gasteiger partial charge >= 0.3 is 0 Å². The van der Waals surface area contributed by atoms with Crippen LogP contribution in [-0.2, 0) is 32.1 Å². The van der Waals surface area contributed by atoms with Crippen LogP contribution in [0.5, 0.6) is 0 Å². The highest BCUT2D eigenvalue weighted by molar-refractivity contribution is 5.93. The molecule has 2 aromatic carbocycles. The molecular formula is C40H51F4N9O4. The predicted molar refractivity (Wildman–Crippen MR) is 208 cm³/mol. The number of halogens is 4. The number of aromatic amines is 1. The number of alkyl halides is 2. The molecule has 5 N–H and O–H groups in total. The van der Waals surface area contributed by atoms with Crippen molar-refractivity contribution >= 4 is 45.6 Å². The summed E-state index contributed by atoms with van der Waals surface area (Å²) in [6, 6.07) is 5.15. The molecule has 2 aromatic heterocycles. The molecule has 2 saturated heterocycles. The van der Waals surface area contributed by atoms with Gasteiger partial charge in [0, 0.05) is 42.4 Å². The van der Waals surface area contributed by atoms with Crippen molar-refractivity contribution in [1.82, 2.24) is 45.6 Å². The number of nitrogens with one attached hydrogen (secondary N) is 5. The summed E-state index contributed by atoms with van der Waals surface area (Å²) in [4.78, 5) is 63.9. The second kappa shape index (κ2) is 17.6. The van der Waals surface area contributed by atoms with E-state index in [0.29, 0.717) is 27.7 Å². The van der Waals surface area contributed by atoms with E-state index in [0.717, 1.165) is 0 Å². The van der Waals surface area contributed by atoms with E-state index < -0.39 is 60.0 Å². The number of hydrogen-bond acceptors (Lipinski definition) is 7. The summed E-state index contributed by atoms with van der Waals surface area (Å²) in [5.41, 5.74) is 2.17. The number of likely N-dealkylation sites (N-methyl/N-ethyl adjacent to an activating group) is 2. The van der Waals surface area contributed by atoms with Crippen molar-refractivity contribution in [1.29, 1.82) is 0 Å². The molecule has 0 saturated carbocycles. The average Bonchev–Trinajstić information content (AvgIpc) is 3.91. The van der Waals surface area contributed by atoms with Crippen LogP contribution in [0.1, 0.15) is 45.6 Å². The zero-order chi connectivity index (χ0) is 41.1. The molecule has 17 heteroatoms. The van der Waals surface area contributed by atoms with Gasteiger partial charge in [-0.25, -0.2) is 22.5 Å². The summed E-state index contributed by atoms with van der Waals surface area (Å²) in [5.74, 6) is -2.68. The molecule has 2 aliphatic heterocycles. The van der Waals surface area contributed by atoms with Crippen molar-refractivity contribution in [2.45, 2.75) is 89.5 Å². The van der Waals surface area contributed by atoms with Gasteiger partial charge in [0.05, 0.1) is 48.9 Å². The first-order chi connectivity index (χ1) is 27.2. The maximum atomic E-state index is 15.3. The molecule has 2 fully saturated rings. The summed E-state index contributed by atoms with van der Waals surface area (Å²) in [6.07, 6.45) is -2.27. The van der Waals surface area contributed by atoms with E-state index in [1.165, 1.54) is 34.1 Å². The first-order valence-corrected chi connectivity index (χ1v) is 19.5. The molecule has 0 spiro atoms. The van der Waals surface area contributed by atoms with Crippen LogP contribution in [-0.4, -0.2) is 125 Å². The van der Waals surface area contributed by atoms with Gasteiger partial charge in [-0.3, -0.25) is 19.2 Å². The van der Waals surface area contributed by atoms with Gasteiger partial charge < -0.3 is 40.6 Å². The minimum Gasteiger partial charge on any atom is -0.352 e. The molecule has 4 aromatic rings. The lowest BCUT2D eigenvalue weighted by Crippen LogP contribution is -2.54. The lowest BCUT2D eigenvalue weighted by Gasteiger charge is -2.31. The number of benzene rings is 2. The van der Waals surface area contributed by atoms with Crippen molar-refractivity contribution in [2.75, 3.05) is 40.3 Å². The first kappa shape index (κ1) is 41.6. The van der Waals surface area contributed by atoms with E-state index >= 15 is 8.78 Å². The van der Waals surface area contributed by atoms with Gasteiger partial charge in [-0.2, -0.15) is 0 Å². The van der Waals surface area contributed by atoms with E-state index in [2.05, 4.69) is 26.3 Å². The molecule has 6 atom stereocenters. The molecule has 0 aliphatic carbocycles. The van der Waals surface area contributed by atoms with Crippen LogP contribution < -0.4 is 21.3 Å². The SMILES string of the molecule is CCC(NC(=O)CNC)C(=O)N1CC(F)CC1Cc1c(-c2nc3cc(F)ccc3n2CC2CC(F)CN2C(=O)C(NC(=O)CNC)C(C)C)[nH]c2cc(F)ccc12. The van der Waals surface area contributed by atoms with Gasteiger partial charge in [0.1, 0.15) is 36.1 Å². The normalized spacial score (nSPS) is 20.8. The molecule has 2 aliphatic rings. The summed E-state index contributed by atoms with van der Waals surface area (Å²) in [5, 5.41) is 11.6. The fraction of sp³-hybridized carbons (Fsp3) is 0.525. The van der Waals surface area contributed by atoms with Crippen molar-refractivity contribution in [3.05, 3.63) is 53.6 Å². The number of carbonyl (C=O) groups is 4. The highest BCUT2D eigenvalue weighted by Gasteiger charge is 2.42. The molecule has 4 amide bonds. The van der Waals surface area contributed by atoms with Gasteiger partial charge in [0.2, 0.25) is 23.6 Å². The van der Waals surface area contributed by atoms with Crippen molar-refractivity contribution in [3.8, 4) is 11.5 Å². The Balaban J connectivity index is 1.41. The fourth-order valence-corrected chi connectivity index (χ4v) is 8.20. The summed E-state index contributed by atoms with van der Waals surface area (Å²) < 4.78 is 61.8. The Morgan fingerprint density at radius 2 is 1.47 bits per heavy atom. The predicted octanol–water partition coefficient (Wildman–Crippen LogP) is 3.36. The molecule has 57 heavy (non-hydrogen) atoms. The molecule has 4 heterocycles. The Hall–Kier alpha value is -5.03. The van der Waals surface area contributed by atoms with Crippen molar-refractivity contribution < 1.29 is 36.7 Å². The van der Waals surface area contributed by atoms with Gasteiger partial charge in [-0.1, -0.05) is 20.8 Å². The van der Waals surface area contributed by atoms with Crippen LogP contribution in [0.3, 0.4) is 0 Å². The molecule has 6 unspecified atom stereocenters. The first-order valence-electron chi connectivity index (χ1n) is 19.5. The number of amides is 4. The number of imidazole rings is 1. The maximum absolute atomic E-state index is 15.3. The standard InChI is InChI=1S/C40H51F4N9O4/c1-6-30(47-34(54)16-45-4)39(56)51-18-24(43)11-26(51)15-29-28-9-7-22(41)13-31(28)48-37(29)38-49-32-14-23(42)8-10-33(32)53(38)20-27-12-25(44)19-52(27)40(57)36(21(2)3)50-35(55)17-46-5/h7-10,13-14,21,24-27,30,36,45-46,48H,6,11-12,15-20H2,1-5H3,(H,47,54)(H,50,55). The third-order valence-electron chi connectivity index (χ3n) is 10.9. The Bertz CT molecular complexity index is 2120. The van der Waals surface area contributed by atoms with Crippen LogP contribution in [0.15, 0.2) is 36.4 Å². The van der Waals surface area contributed by atoms with E-state index in [4.69, 9.17) is 4.98 Å². The van der Waals surface area contributed by atoms with Gasteiger partial charge in [0.15, 0.2) is 5.82 Å². The Morgan fingerprint density at radius 1 is 0.860 bits per heavy atom. The Morgan fingerprint density at radius 3 is 2.12 bits per heavy atom. The summed E-state index contributed by atoms with van der Waals surface area (Å²) in [6.45, 7) is 5.02. The minimum atomic E-state index is -1.35. The van der Waals surface area contributed by atoms with Crippen LogP contribution in [0.25, 0.3) is 33.5 Å². The molecule has 308 valence electrons. The highest BCUT2D eigenvalue weighted by atomic mass is 19.1. The molecule has 0 radical (unpaired) electrons. The molecule has 0 bridgehead atoms. The minimum absolute atomic E-state index is 0.00338. The van der Waals surface area contributed by atoms with E-state index in [-0.39, 0.29) is 87.5 Å². The quantitative estimate of drug-likeness (QED) is 0.116. The summed E-state index contributed by atoms with van der Waals surface area (Å²) in [7, 11) is 3.22. The van der Waals surface area contributed by atoms with Gasteiger partial charge in [-0.05, 0) is 68.8 Å². The Kier molecular flexibility index (Phi) is 12.9. The Labute approximate surface area is 328 Å². The monoisotopic (exact) mass is 797 g/mol. The number of nitrogens with zero attached hydrogens (tertiary/aromatic N) is 4. The third kappa shape index (κ3) is 8.93. The largest absolute Gasteiger partial charge is 0.352 e. The molecule has 13 nitrogen and oxygen atoms in total. The number of likely N-dealkylation sites (tertiary alicyclic amines) is 2. The number of rotatable bonds is 15. The number of carbonyl (C=O) groups excluding carboxylic acids is 4. The second-order valence-corrected chi connectivity index (χ2v) is 15.4. The zero-order valence-corrected chi connectivity index (χ0v) is 32.8. The van der Waals surface area contributed by atoms with E-state index in [9.17, 15) is 28.0 Å². The van der Waals surface area contributed by atoms with Crippen molar-refractivity contribution in [2.24, 2.45) is 5.92 Å². The van der Waals surface area contributed by atoms with Gasteiger partial charge in [-0.15, -0.1) is 0 Å². The summed E-state index contributed by atoms with van der Waals surface area (Å²) >= 11 is 0. The van der Waals surface area contributed by atoms with Crippen molar-refractivity contribution in [3.63, 3.8) is 0 Å². The fourth-order valence-electron chi connectivity index (χ4n) is 8.20. The second-order valence-electron chi connectivity index (χ2n) is 15.4. The lowest BCUT2D eigenvalue weighted by atomic mass is 9.99.